The molecule has 1 fully saturated rings. The molecule has 0 radical (unpaired) electrons. The van der Waals surface area contributed by atoms with Crippen molar-refractivity contribution in [3.05, 3.63) is 11.8 Å². The van der Waals surface area contributed by atoms with E-state index in [9.17, 15) is 0 Å². The van der Waals surface area contributed by atoms with Crippen molar-refractivity contribution >= 4 is 17.6 Å². The van der Waals surface area contributed by atoms with Crippen LogP contribution in [0.25, 0.3) is 0 Å². The van der Waals surface area contributed by atoms with Gasteiger partial charge in [0.25, 0.3) is 0 Å². The van der Waals surface area contributed by atoms with E-state index in [-0.39, 0.29) is 11.0 Å². The van der Waals surface area contributed by atoms with Crippen LogP contribution < -0.4 is 10.6 Å². The maximum atomic E-state index is 9.06. The van der Waals surface area contributed by atoms with Crippen molar-refractivity contribution in [1.29, 1.82) is 10.7 Å². The van der Waals surface area contributed by atoms with Crippen molar-refractivity contribution in [3.63, 3.8) is 0 Å². The highest BCUT2D eigenvalue weighted by Crippen LogP contribution is 2.44. The van der Waals surface area contributed by atoms with E-state index in [1.807, 2.05) is 33.1 Å². The highest BCUT2D eigenvalue weighted by atomic mass is 32.2. The lowest BCUT2D eigenvalue weighted by Crippen LogP contribution is -2.40. The zero-order chi connectivity index (χ0) is 14.5. The van der Waals surface area contributed by atoms with E-state index < -0.39 is 0 Å². The summed E-state index contributed by atoms with van der Waals surface area (Å²) in [6.07, 6.45) is 5.84. The normalized spacial score (nSPS) is 17.5. The maximum absolute atomic E-state index is 9.06. The van der Waals surface area contributed by atoms with Crippen LogP contribution in [0.3, 0.4) is 0 Å². The molecule has 106 valence electrons. The Kier molecular flexibility index (Phi) is 5.30. The molecule has 0 aromatic carbocycles. The van der Waals surface area contributed by atoms with E-state index in [0.29, 0.717) is 12.4 Å². The minimum atomic E-state index is -0.156. The lowest BCUT2D eigenvalue weighted by atomic mass is 10.1. The second kappa shape index (κ2) is 6.33. The fourth-order valence-electron chi connectivity index (χ4n) is 1.68. The zero-order valence-corrected chi connectivity index (χ0v) is 13.1. The molecule has 0 heterocycles. The molecule has 19 heavy (non-hydrogen) atoms. The lowest BCUT2D eigenvalue weighted by molar-refractivity contribution is 0.511. The number of hydrogen-bond acceptors (Lipinski definition) is 4. The maximum Gasteiger partial charge on any atom is 0.120 e. The molecule has 0 aromatic heterocycles. The quantitative estimate of drug-likeness (QED) is 0.516. The minimum absolute atomic E-state index is 0.109. The number of nitrogens with one attached hydrogen (secondary N) is 3. The van der Waals surface area contributed by atoms with Crippen LogP contribution in [0.1, 0.15) is 33.6 Å². The first-order chi connectivity index (χ1) is 8.80. The van der Waals surface area contributed by atoms with Gasteiger partial charge in [0.2, 0.25) is 0 Å². The molecule has 0 aliphatic heterocycles. The number of nitriles is 1. The molecule has 0 amide bonds. The third-order valence-electron chi connectivity index (χ3n) is 2.87. The van der Waals surface area contributed by atoms with Gasteiger partial charge in [0.05, 0.1) is 11.5 Å². The van der Waals surface area contributed by atoms with Gasteiger partial charge >= 0.3 is 0 Å². The Bertz CT molecular complexity index is 397. The van der Waals surface area contributed by atoms with E-state index in [1.54, 1.807) is 11.8 Å². The first kappa shape index (κ1) is 15.9. The molecule has 3 N–H and O–H groups in total. The number of nitrogens with zero attached hydrogens (tertiary/aromatic N) is 1. The Labute approximate surface area is 120 Å². The second-order valence-corrected chi connectivity index (χ2v) is 7.00. The molecule has 0 saturated heterocycles. The van der Waals surface area contributed by atoms with Crippen LogP contribution in [0.15, 0.2) is 11.8 Å². The summed E-state index contributed by atoms with van der Waals surface area (Å²) in [7, 11) is 0. The SMILES string of the molecule is CSC/C(=C\C(=N)NC(C)(C)C)NCC1(C#N)CC1. The third kappa shape index (κ3) is 6.02. The van der Waals surface area contributed by atoms with Gasteiger partial charge in [-0.05, 0) is 45.9 Å². The van der Waals surface area contributed by atoms with E-state index in [2.05, 4.69) is 16.7 Å². The van der Waals surface area contributed by atoms with E-state index in [4.69, 9.17) is 10.7 Å². The van der Waals surface area contributed by atoms with Crippen LogP contribution in [-0.4, -0.2) is 29.9 Å². The van der Waals surface area contributed by atoms with Crippen molar-refractivity contribution < 1.29 is 0 Å². The van der Waals surface area contributed by atoms with Crippen LogP contribution in [-0.2, 0) is 0 Å². The van der Waals surface area contributed by atoms with Crippen molar-refractivity contribution in [3.8, 4) is 6.07 Å². The van der Waals surface area contributed by atoms with Crippen molar-refractivity contribution in [2.75, 3.05) is 18.6 Å². The number of rotatable bonds is 6. The summed E-state index contributed by atoms with van der Waals surface area (Å²) < 4.78 is 0. The van der Waals surface area contributed by atoms with Crippen LogP contribution in [0.2, 0.25) is 0 Å². The molecular formula is C14H24N4S. The zero-order valence-electron chi connectivity index (χ0n) is 12.3. The Morgan fingerprint density at radius 3 is 2.53 bits per heavy atom. The molecular weight excluding hydrogens is 256 g/mol. The average Bonchev–Trinajstić information content (AvgIpc) is 3.04. The molecule has 1 aliphatic carbocycles. The summed E-state index contributed by atoms with van der Waals surface area (Å²) in [5, 5.41) is 23.5. The van der Waals surface area contributed by atoms with Crippen LogP contribution in [0.5, 0.6) is 0 Å². The number of amidine groups is 1. The predicted molar refractivity (Wildman–Crippen MR) is 82.4 cm³/mol. The summed E-state index contributed by atoms with van der Waals surface area (Å²) in [5.74, 6) is 1.24. The molecule has 0 unspecified atom stereocenters. The molecule has 1 rings (SSSR count). The van der Waals surface area contributed by atoms with Crippen molar-refractivity contribution in [2.24, 2.45) is 5.41 Å². The topological polar surface area (TPSA) is 71.7 Å². The number of hydrogen-bond donors (Lipinski definition) is 3. The van der Waals surface area contributed by atoms with Gasteiger partial charge < -0.3 is 10.6 Å². The van der Waals surface area contributed by atoms with Crippen LogP contribution >= 0.6 is 11.8 Å². The van der Waals surface area contributed by atoms with Crippen LogP contribution in [0, 0.1) is 22.2 Å². The largest absolute Gasteiger partial charge is 0.386 e. The summed E-state index contributed by atoms with van der Waals surface area (Å²) in [5.41, 5.74) is 0.746. The van der Waals surface area contributed by atoms with Crippen molar-refractivity contribution in [1.82, 2.24) is 10.6 Å². The summed E-state index contributed by atoms with van der Waals surface area (Å²) in [6.45, 7) is 6.79. The molecule has 0 atom stereocenters. The molecule has 0 spiro atoms. The van der Waals surface area contributed by atoms with Gasteiger partial charge in [-0.25, -0.2) is 0 Å². The van der Waals surface area contributed by atoms with Gasteiger partial charge in [0.15, 0.2) is 0 Å². The molecule has 1 aliphatic rings. The Balaban J connectivity index is 2.56. The minimum Gasteiger partial charge on any atom is -0.386 e. The lowest BCUT2D eigenvalue weighted by Gasteiger charge is -2.22. The summed E-state index contributed by atoms with van der Waals surface area (Å²) in [6, 6.07) is 2.38. The Morgan fingerprint density at radius 2 is 2.11 bits per heavy atom. The van der Waals surface area contributed by atoms with E-state index >= 15 is 0 Å². The highest BCUT2D eigenvalue weighted by molar-refractivity contribution is 7.98. The Hall–Kier alpha value is -1.15. The standard InChI is InChI=1S/C14H24N4S/c1-13(2,3)18-12(16)7-11(8-19-4)17-10-14(9-15)5-6-14/h7,17H,5-6,8,10H2,1-4H3,(H2,16,18)/b11-7+. The molecule has 5 heteroatoms. The van der Waals surface area contributed by atoms with Gasteiger partial charge in [-0.3, -0.25) is 5.41 Å². The predicted octanol–water partition coefficient (Wildman–Crippen LogP) is 2.49. The van der Waals surface area contributed by atoms with Crippen molar-refractivity contribution in [2.45, 2.75) is 39.2 Å². The molecule has 4 nitrogen and oxygen atoms in total. The second-order valence-electron chi connectivity index (χ2n) is 6.14. The first-order valence-electron chi connectivity index (χ1n) is 6.52. The van der Waals surface area contributed by atoms with E-state index in [0.717, 1.165) is 24.3 Å². The van der Waals surface area contributed by atoms with Gasteiger partial charge in [-0.15, -0.1) is 0 Å². The highest BCUT2D eigenvalue weighted by Gasteiger charge is 2.42. The Morgan fingerprint density at radius 1 is 1.47 bits per heavy atom. The number of thioether (sulfide) groups is 1. The third-order valence-corrected chi connectivity index (χ3v) is 3.47. The summed E-state index contributed by atoms with van der Waals surface area (Å²) >= 11 is 1.71. The first-order valence-corrected chi connectivity index (χ1v) is 7.91. The van der Waals surface area contributed by atoms with Gasteiger partial charge in [-0.2, -0.15) is 17.0 Å². The fraction of sp³-hybridized carbons (Fsp3) is 0.714. The fourth-order valence-corrected chi connectivity index (χ4v) is 2.17. The molecule has 0 bridgehead atoms. The van der Waals surface area contributed by atoms with Gasteiger partial charge in [-0.1, -0.05) is 0 Å². The van der Waals surface area contributed by atoms with Crippen LogP contribution in [0.4, 0.5) is 0 Å². The summed E-state index contributed by atoms with van der Waals surface area (Å²) in [4.78, 5) is 0. The monoisotopic (exact) mass is 280 g/mol. The van der Waals surface area contributed by atoms with E-state index in [1.165, 1.54) is 0 Å². The molecule has 1 saturated carbocycles. The van der Waals surface area contributed by atoms with Gasteiger partial charge in [0, 0.05) is 23.5 Å². The smallest absolute Gasteiger partial charge is 0.120 e. The van der Waals surface area contributed by atoms with Gasteiger partial charge in [0.1, 0.15) is 5.84 Å². The average molecular weight is 280 g/mol. The molecule has 0 aromatic rings.